The van der Waals surface area contributed by atoms with Crippen molar-refractivity contribution in [3.8, 4) is 0 Å². The zero-order valence-electron chi connectivity index (χ0n) is 13.8. The fourth-order valence-corrected chi connectivity index (χ4v) is 6.61. The van der Waals surface area contributed by atoms with E-state index in [0.717, 1.165) is 43.9 Å². The maximum absolute atomic E-state index is 12.8. The number of nitro groups is 1. The predicted molar refractivity (Wildman–Crippen MR) is 103 cm³/mol. The number of rotatable bonds is 4. The maximum Gasteiger partial charge on any atom is 0.293 e. The van der Waals surface area contributed by atoms with E-state index in [2.05, 4.69) is 0 Å². The lowest BCUT2D eigenvalue weighted by Crippen LogP contribution is -2.35. The van der Waals surface area contributed by atoms with Gasteiger partial charge in [-0.1, -0.05) is 28.0 Å². The van der Waals surface area contributed by atoms with Crippen molar-refractivity contribution < 1.29 is 13.3 Å². The standard InChI is InChI=1S/C15H21N3O4S3/c19-18(20)15-12-13(25(21,22)17-6-2-1-3-7-17)4-5-14(15)16-8-10-23-24-11-9-16/h4-5,12H,1-3,6-11H2. The number of piperidine rings is 1. The van der Waals surface area contributed by atoms with Crippen molar-refractivity contribution in [1.82, 2.24) is 4.31 Å². The van der Waals surface area contributed by atoms with E-state index in [1.54, 1.807) is 27.7 Å². The molecule has 2 aliphatic rings. The lowest BCUT2D eigenvalue weighted by molar-refractivity contribution is -0.384. The van der Waals surface area contributed by atoms with Crippen LogP contribution in [0.15, 0.2) is 23.1 Å². The predicted octanol–water partition coefficient (Wildman–Crippen LogP) is 2.97. The minimum absolute atomic E-state index is 0.0171. The zero-order valence-corrected chi connectivity index (χ0v) is 16.2. The van der Waals surface area contributed by atoms with Gasteiger partial charge in [0.1, 0.15) is 5.69 Å². The lowest BCUT2D eigenvalue weighted by atomic mass is 10.2. The van der Waals surface area contributed by atoms with Crippen LogP contribution in [-0.4, -0.2) is 55.3 Å². The number of sulfonamides is 1. The van der Waals surface area contributed by atoms with Crippen LogP contribution in [-0.2, 0) is 10.0 Å². The molecule has 0 aromatic heterocycles. The summed E-state index contributed by atoms with van der Waals surface area (Å²) in [6, 6.07) is 4.33. The van der Waals surface area contributed by atoms with Gasteiger partial charge in [-0.2, -0.15) is 4.31 Å². The molecule has 138 valence electrons. The highest BCUT2D eigenvalue weighted by Crippen LogP contribution is 2.34. The van der Waals surface area contributed by atoms with Crippen molar-refractivity contribution in [3.63, 3.8) is 0 Å². The molecule has 0 bridgehead atoms. The van der Waals surface area contributed by atoms with E-state index in [1.165, 1.54) is 16.4 Å². The number of anilines is 1. The molecule has 2 fully saturated rings. The van der Waals surface area contributed by atoms with Crippen molar-refractivity contribution in [2.75, 3.05) is 42.6 Å². The minimum atomic E-state index is -3.67. The van der Waals surface area contributed by atoms with E-state index in [-0.39, 0.29) is 10.6 Å². The van der Waals surface area contributed by atoms with Crippen molar-refractivity contribution >= 4 is 43.0 Å². The third kappa shape index (κ3) is 4.24. The van der Waals surface area contributed by atoms with Crippen LogP contribution in [0.1, 0.15) is 19.3 Å². The van der Waals surface area contributed by atoms with Crippen LogP contribution in [0, 0.1) is 10.1 Å². The van der Waals surface area contributed by atoms with Crippen molar-refractivity contribution in [2.24, 2.45) is 0 Å². The van der Waals surface area contributed by atoms with Gasteiger partial charge in [-0.15, -0.1) is 0 Å². The second-order valence-electron chi connectivity index (χ2n) is 6.00. The molecular weight excluding hydrogens is 382 g/mol. The molecular formula is C15H21N3O4S3. The van der Waals surface area contributed by atoms with E-state index in [1.807, 2.05) is 4.90 Å². The molecule has 0 N–H and O–H groups in total. The minimum Gasteiger partial charge on any atom is -0.364 e. The molecule has 7 nitrogen and oxygen atoms in total. The number of hydrogen-bond acceptors (Lipinski definition) is 7. The van der Waals surface area contributed by atoms with E-state index in [4.69, 9.17) is 0 Å². The average molecular weight is 404 g/mol. The van der Waals surface area contributed by atoms with Crippen molar-refractivity contribution in [3.05, 3.63) is 28.3 Å². The third-order valence-electron chi connectivity index (χ3n) is 4.41. The SMILES string of the molecule is O=[N+]([O-])c1cc(S(=O)(=O)N2CCCCC2)ccc1N1CCSSCC1. The molecule has 0 amide bonds. The van der Waals surface area contributed by atoms with Crippen LogP contribution in [0.25, 0.3) is 0 Å². The van der Waals surface area contributed by atoms with E-state index >= 15 is 0 Å². The fraction of sp³-hybridized carbons (Fsp3) is 0.600. The number of nitrogens with zero attached hydrogens (tertiary/aromatic N) is 3. The molecule has 0 atom stereocenters. The van der Waals surface area contributed by atoms with Gasteiger partial charge < -0.3 is 4.90 Å². The summed E-state index contributed by atoms with van der Waals surface area (Å²) >= 11 is 0. The van der Waals surface area contributed by atoms with Crippen LogP contribution < -0.4 is 4.90 Å². The van der Waals surface area contributed by atoms with Crippen LogP contribution in [0.2, 0.25) is 0 Å². The highest BCUT2D eigenvalue weighted by molar-refractivity contribution is 8.76. The largest absolute Gasteiger partial charge is 0.364 e. The molecule has 1 aromatic rings. The Bertz CT molecular complexity index is 728. The maximum atomic E-state index is 12.8. The van der Waals surface area contributed by atoms with Gasteiger partial charge >= 0.3 is 0 Å². The normalized spacial score (nSPS) is 20.2. The molecule has 2 aliphatic heterocycles. The molecule has 0 radical (unpaired) electrons. The number of nitro benzene ring substituents is 1. The van der Waals surface area contributed by atoms with Gasteiger partial charge in [0.15, 0.2) is 0 Å². The Morgan fingerprint density at radius 2 is 1.64 bits per heavy atom. The fourth-order valence-electron chi connectivity index (χ4n) is 3.10. The van der Waals surface area contributed by atoms with Gasteiger partial charge in [-0.05, 0) is 25.0 Å². The van der Waals surface area contributed by atoms with E-state index in [0.29, 0.717) is 18.8 Å². The number of hydrogen-bond donors (Lipinski definition) is 0. The first-order valence-corrected chi connectivity index (χ1v) is 12.2. The van der Waals surface area contributed by atoms with Gasteiger partial charge in [-0.3, -0.25) is 10.1 Å². The highest BCUT2D eigenvalue weighted by atomic mass is 33.1. The third-order valence-corrected chi connectivity index (χ3v) is 8.67. The van der Waals surface area contributed by atoms with Gasteiger partial charge in [-0.25, -0.2) is 8.42 Å². The Morgan fingerprint density at radius 3 is 2.24 bits per heavy atom. The van der Waals surface area contributed by atoms with Crippen LogP contribution in [0.4, 0.5) is 11.4 Å². The van der Waals surface area contributed by atoms with Gasteiger partial charge in [0, 0.05) is 43.8 Å². The van der Waals surface area contributed by atoms with E-state index < -0.39 is 14.9 Å². The summed E-state index contributed by atoms with van der Waals surface area (Å²) in [5, 5.41) is 11.6. The first-order chi connectivity index (χ1) is 12.0. The Hall–Kier alpha value is -0.970. The Morgan fingerprint density at radius 1 is 1.00 bits per heavy atom. The summed E-state index contributed by atoms with van der Waals surface area (Å²) in [7, 11) is -0.156. The highest BCUT2D eigenvalue weighted by Gasteiger charge is 2.29. The van der Waals surface area contributed by atoms with E-state index in [9.17, 15) is 18.5 Å². The van der Waals surface area contributed by atoms with Crippen LogP contribution in [0.3, 0.4) is 0 Å². The molecule has 3 rings (SSSR count). The molecule has 1 aromatic carbocycles. The lowest BCUT2D eigenvalue weighted by Gasteiger charge is -2.26. The first kappa shape index (κ1) is 18.8. The van der Waals surface area contributed by atoms with Gasteiger partial charge in [0.2, 0.25) is 10.0 Å². The molecule has 2 heterocycles. The second kappa shape index (κ2) is 8.15. The number of benzene rings is 1. The zero-order chi connectivity index (χ0) is 17.9. The molecule has 25 heavy (non-hydrogen) atoms. The molecule has 0 saturated carbocycles. The Labute approximate surface area is 155 Å². The Kier molecular flexibility index (Phi) is 6.13. The quantitative estimate of drug-likeness (QED) is 0.434. The summed E-state index contributed by atoms with van der Waals surface area (Å²) in [4.78, 5) is 13.1. The monoisotopic (exact) mass is 403 g/mol. The molecule has 10 heteroatoms. The average Bonchev–Trinajstić information content (AvgIpc) is 2.91. The Balaban J connectivity index is 1.94. The first-order valence-electron chi connectivity index (χ1n) is 8.28. The summed E-state index contributed by atoms with van der Waals surface area (Å²) in [6.07, 6.45) is 2.70. The van der Waals surface area contributed by atoms with Crippen molar-refractivity contribution in [2.45, 2.75) is 24.2 Å². The summed E-state index contributed by atoms with van der Waals surface area (Å²) in [5.41, 5.74) is 0.376. The molecule has 0 unspecified atom stereocenters. The van der Waals surface area contributed by atoms with Gasteiger partial charge in [0.05, 0.1) is 9.82 Å². The van der Waals surface area contributed by atoms with Crippen LogP contribution >= 0.6 is 21.6 Å². The van der Waals surface area contributed by atoms with Gasteiger partial charge in [0.25, 0.3) is 5.69 Å². The van der Waals surface area contributed by atoms with Crippen molar-refractivity contribution in [1.29, 1.82) is 0 Å². The smallest absolute Gasteiger partial charge is 0.293 e. The topological polar surface area (TPSA) is 83.8 Å². The summed E-state index contributed by atoms with van der Waals surface area (Å²) < 4.78 is 27.0. The second-order valence-corrected chi connectivity index (χ2v) is 10.6. The summed E-state index contributed by atoms with van der Waals surface area (Å²) in [6.45, 7) is 2.41. The van der Waals surface area contributed by atoms with Crippen LogP contribution in [0.5, 0.6) is 0 Å². The molecule has 2 saturated heterocycles. The molecule has 0 aliphatic carbocycles. The summed E-state index contributed by atoms with van der Waals surface area (Å²) in [5.74, 6) is 1.77. The molecule has 0 spiro atoms.